The summed E-state index contributed by atoms with van der Waals surface area (Å²) in [6, 6.07) is 1.10. The van der Waals surface area contributed by atoms with Crippen LogP contribution < -0.4 is 11.1 Å². The molecule has 0 aliphatic rings. The van der Waals surface area contributed by atoms with E-state index in [9.17, 15) is 22.0 Å². The van der Waals surface area contributed by atoms with Crippen LogP contribution in [-0.4, -0.2) is 4.98 Å². The number of pyridine rings is 1. The molecule has 0 spiro atoms. The van der Waals surface area contributed by atoms with Gasteiger partial charge in [0.1, 0.15) is 11.5 Å². The first-order valence-corrected chi connectivity index (χ1v) is 5.89. The normalized spacial score (nSPS) is 10.8. The molecule has 0 saturated carbocycles. The van der Waals surface area contributed by atoms with Crippen LogP contribution in [0.15, 0.2) is 6.07 Å². The van der Waals surface area contributed by atoms with Crippen molar-refractivity contribution in [1.82, 2.24) is 4.98 Å². The van der Waals surface area contributed by atoms with E-state index < -0.39 is 40.6 Å². The van der Waals surface area contributed by atoms with Crippen LogP contribution in [0.1, 0.15) is 0 Å². The number of halogens is 7. The topological polar surface area (TPSA) is 50.9 Å². The Hall–Kier alpha value is -1.80. The molecule has 0 atom stereocenters. The summed E-state index contributed by atoms with van der Waals surface area (Å²) in [5.41, 5.74) is 4.06. The highest BCUT2D eigenvalue weighted by molar-refractivity contribution is 6.37. The number of nitrogens with two attached hydrogens (primary N) is 1. The minimum atomic E-state index is -2.27. The molecule has 2 aromatic rings. The number of nitrogen functional groups attached to an aromatic ring is 1. The smallest absolute Gasteiger partial charge is 0.200 e. The fraction of sp³-hybridized carbons (Fsp3) is 0. The third-order valence-corrected chi connectivity index (χ3v) is 3.00. The highest BCUT2D eigenvalue weighted by Crippen LogP contribution is 2.33. The summed E-state index contributed by atoms with van der Waals surface area (Å²) < 4.78 is 66.0. The van der Waals surface area contributed by atoms with Gasteiger partial charge in [0.15, 0.2) is 29.1 Å². The first kappa shape index (κ1) is 15.6. The highest BCUT2D eigenvalue weighted by atomic mass is 35.5. The average Bonchev–Trinajstić information content (AvgIpc) is 2.44. The Morgan fingerprint density at radius 2 is 1.33 bits per heavy atom. The maximum Gasteiger partial charge on any atom is 0.200 e. The SMILES string of the molecule is Nc1nc(Nc2c(F)c(F)c(F)c(F)c2F)c(Cl)cc1Cl. The van der Waals surface area contributed by atoms with Crippen LogP contribution in [0, 0.1) is 29.1 Å². The van der Waals surface area contributed by atoms with Crippen molar-refractivity contribution in [3.8, 4) is 0 Å². The molecule has 0 fully saturated rings. The molecule has 2 rings (SSSR count). The number of hydrogen-bond donors (Lipinski definition) is 2. The van der Waals surface area contributed by atoms with Gasteiger partial charge in [-0.3, -0.25) is 0 Å². The van der Waals surface area contributed by atoms with Crippen LogP contribution in [0.2, 0.25) is 10.0 Å². The molecule has 0 radical (unpaired) electrons. The van der Waals surface area contributed by atoms with E-state index in [-0.39, 0.29) is 15.9 Å². The quantitative estimate of drug-likeness (QED) is 0.482. The Morgan fingerprint density at radius 1 is 0.857 bits per heavy atom. The van der Waals surface area contributed by atoms with Crippen molar-refractivity contribution in [3.05, 3.63) is 45.2 Å². The number of aromatic nitrogens is 1. The third kappa shape index (κ3) is 2.68. The maximum atomic E-state index is 13.5. The molecule has 0 saturated heterocycles. The number of hydrogen-bond acceptors (Lipinski definition) is 3. The molecule has 0 amide bonds. The Morgan fingerprint density at radius 3 is 1.86 bits per heavy atom. The lowest BCUT2D eigenvalue weighted by Crippen LogP contribution is -2.08. The fourth-order valence-electron chi connectivity index (χ4n) is 1.40. The zero-order chi connectivity index (χ0) is 15.9. The van der Waals surface area contributed by atoms with Gasteiger partial charge in [0, 0.05) is 0 Å². The van der Waals surface area contributed by atoms with E-state index in [0.717, 1.165) is 6.07 Å². The summed E-state index contributed by atoms with van der Waals surface area (Å²) >= 11 is 11.3. The molecule has 1 aromatic carbocycles. The van der Waals surface area contributed by atoms with Gasteiger partial charge < -0.3 is 11.1 Å². The van der Waals surface area contributed by atoms with Crippen molar-refractivity contribution in [2.75, 3.05) is 11.1 Å². The van der Waals surface area contributed by atoms with E-state index in [1.165, 1.54) is 0 Å². The zero-order valence-electron chi connectivity index (χ0n) is 9.75. The Kier molecular flexibility index (Phi) is 4.11. The third-order valence-electron chi connectivity index (χ3n) is 2.41. The lowest BCUT2D eigenvalue weighted by molar-refractivity contribution is 0.382. The molecule has 1 heterocycles. The van der Waals surface area contributed by atoms with Gasteiger partial charge in [-0.2, -0.15) is 0 Å². The predicted octanol–water partition coefficient (Wildman–Crippen LogP) is 4.41. The van der Waals surface area contributed by atoms with Crippen LogP contribution in [0.5, 0.6) is 0 Å². The summed E-state index contributed by atoms with van der Waals surface area (Å²) in [5.74, 6) is -11.3. The zero-order valence-corrected chi connectivity index (χ0v) is 11.3. The van der Waals surface area contributed by atoms with Gasteiger partial charge in [0.2, 0.25) is 5.82 Å². The van der Waals surface area contributed by atoms with E-state index in [2.05, 4.69) is 4.98 Å². The molecule has 10 heteroatoms. The molecular formula is C11H4Cl2F5N3. The summed E-state index contributed by atoms with van der Waals surface area (Å²) in [7, 11) is 0. The molecule has 0 bridgehead atoms. The van der Waals surface area contributed by atoms with Crippen LogP contribution in [0.3, 0.4) is 0 Å². The summed E-state index contributed by atoms with van der Waals surface area (Å²) in [6.07, 6.45) is 0. The molecule has 0 unspecified atom stereocenters. The molecule has 1 aromatic heterocycles. The maximum absolute atomic E-state index is 13.5. The number of rotatable bonds is 2. The van der Waals surface area contributed by atoms with Crippen molar-refractivity contribution in [2.45, 2.75) is 0 Å². The van der Waals surface area contributed by atoms with E-state index >= 15 is 0 Å². The van der Waals surface area contributed by atoms with Crippen LogP contribution in [0.25, 0.3) is 0 Å². The second-order valence-electron chi connectivity index (χ2n) is 3.76. The second-order valence-corrected chi connectivity index (χ2v) is 4.57. The first-order valence-electron chi connectivity index (χ1n) is 5.14. The summed E-state index contributed by atoms with van der Waals surface area (Å²) in [5, 5.41) is 1.64. The van der Waals surface area contributed by atoms with E-state index in [1.54, 1.807) is 0 Å². The number of nitrogens with one attached hydrogen (secondary N) is 1. The lowest BCUT2D eigenvalue weighted by atomic mass is 10.2. The van der Waals surface area contributed by atoms with Gasteiger partial charge >= 0.3 is 0 Å². The van der Waals surface area contributed by atoms with E-state index in [4.69, 9.17) is 28.9 Å². The molecule has 112 valence electrons. The fourth-order valence-corrected chi connectivity index (χ4v) is 1.81. The molecule has 0 aliphatic heterocycles. The van der Waals surface area contributed by atoms with Crippen molar-refractivity contribution in [2.24, 2.45) is 0 Å². The van der Waals surface area contributed by atoms with Crippen LogP contribution in [0.4, 0.5) is 39.3 Å². The first-order chi connectivity index (χ1) is 9.73. The lowest BCUT2D eigenvalue weighted by Gasteiger charge is -2.12. The predicted molar refractivity (Wildman–Crippen MR) is 68.2 cm³/mol. The summed E-state index contributed by atoms with van der Waals surface area (Å²) in [6.45, 7) is 0. The van der Waals surface area contributed by atoms with Crippen LogP contribution in [-0.2, 0) is 0 Å². The van der Waals surface area contributed by atoms with Crippen molar-refractivity contribution >= 4 is 40.5 Å². The molecule has 21 heavy (non-hydrogen) atoms. The van der Waals surface area contributed by atoms with Crippen LogP contribution >= 0.6 is 23.2 Å². The molecule has 0 aliphatic carbocycles. The van der Waals surface area contributed by atoms with E-state index in [0.29, 0.717) is 0 Å². The molecular weight excluding hydrogens is 340 g/mol. The summed E-state index contributed by atoms with van der Waals surface area (Å²) in [4.78, 5) is 3.56. The van der Waals surface area contributed by atoms with Gasteiger partial charge in [0.05, 0.1) is 10.0 Å². The van der Waals surface area contributed by atoms with Gasteiger partial charge in [-0.25, -0.2) is 26.9 Å². The Balaban J connectivity index is 2.58. The number of nitrogens with zero attached hydrogens (tertiary/aromatic N) is 1. The number of anilines is 3. The second kappa shape index (κ2) is 5.53. The van der Waals surface area contributed by atoms with Gasteiger partial charge in [-0.05, 0) is 6.07 Å². The Bertz CT molecular complexity index is 710. The molecule has 3 N–H and O–H groups in total. The van der Waals surface area contributed by atoms with Crippen molar-refractivity contribution in [1.29, 1.82) is 0 Å². The average molecular weight is 344 g/mol. The minimum Gasteiger partial charge on any atom is -0.382 e. The van der Waals surface area contributed by atoms with E-state index in [1.807, 2.05) is 5.32 Å². The van der Waals surface area contributed by atoms with Crippen molar-refractivity contribution < 1.29 is 22.0 Å². The molecule has 3 nitrogen and oxygen atoms in total. The number of benzene rings is 1. The Labute approximate surface area is 124 Å². The standard InChI is InChI=1S/C11H4Cl2F5N3/c12-2-1-3(13)11(21-10(2)19)20-9-7(17)5(15)4(14)6(16)8(9)18/h1H,(H3,19,20,21). The highest BCUT2D eigenvalue weighted by Gasteiger charge is 2.26. The largest absolute Gasteiger partial charge is 0.382 e. The monoisotopic (exact) mass is 343 g/mol. The van der Waals surface area contributed by atoms with Gasteiger partial charge in [-0.15, -0.1) is 0 Å². The van der Waals surface area contributed by atoms with Gasteiger partial charge in [0.25, 0.3) is 0 Å². The minimum absolute atomic E-state index is 0.0389. The van der Waals surface area contributed by atoms with Crippen molar-refractivity contribution in [3.63, 3.8) is 0 Å². The van der Waals surface area contributed by atoms with Gasteiger partial charge in [-0.1, -0.05) is 23.2 Å².